The molecule has 0 fully saturated rings. The van der Waals surface area contributed by atoms with Gasteiger partial charge < -0.3 is 4.98 Å². The van der Waals surface area contributed by atoms with Gasteiger partial charge in [0.05, 0.1) is 5.52 Å². The zero-order chi connectivity index (χ0) is 8.67. The first-order chi connectivity index (χ1) is 6.45. The molecule has 0 spiro atoms. The Bertz CT molecular complexity index is 513. The topological polar surface area (TPSA) is 15.8 Å². The Kier molecular flexibility index (Phi) is 1.22. The predicted octanol–water partition coefficient (Wildman–Crippen LogP) is 2.92. The predicted molar refractivity (Wildman–Crippen MR) is 53.5 cm³/mol. The number of hydrogen-bond acceptors (Lipinski definition) is 0. The van der Waals surface area contributed by atoms with E-state index in [4.69, 9.17) is 0 Å². The number of rotatable bonds is 0. The highest BCUT2D eigenvalue weighted by atomic mass is 14.7. The molecule has 0 bridgehead atoms. The molecule has 0 saturated carbocycles. The van der Waals surface area contributed by atoms with Crippen LogP contribution in [-0.2, 0) is 0 Å². The van der Waals surface area contributed by atoms with Crippen molar-refractivity contribution in [3.63, 3.8) is 0 Å². The van der Waals surface area contributed by atoms with Crippen molar-refractivity contribution in [3.8, 4) is 0 Å². The van der Waals surface area contributed by atoms with E-state index in [0.29, 0.717) is 0 Å². The first-order valence-corrected chi connectivity index (χ1v) is 4.23. The van der Waals surface area contributed by atoms with Gasteiger partial charge in [-0.2, -0.15) is 0 Å². The van der Waals surface area contributed by atoms with Gasteiger partial charge >= 0.3 is 0 Å². The quantitative estimate of drug-likeness (QED) is 0.527. The van der Waals surface area contributed by atoms with Gasteiger partial charge in [-0.25, -0.2) is 0 Å². The summed E-state index contributed by atoms with van der Waals surface area (Å²) < 4.78 is 0. The number of aromatic amines is 1. The van der Waals surface area contributed by atoms with Crippen molar-refractivity contribution in [2.75, 3.05) is 0 Å². The van der Waals surface area contributed by atoms with Gasteiger partial charge in [-0.1, -0.05) is 24.3 Å². The van der Waals surface area contributed by atoms with Crippen molar-refractivity contribution in [1.82, 2.24) is 4.98 Å². The lowest BCUT2D eigenvalue weighted by molar-refractivity contribution is 1.54. The van der Waals surface area contributed by atoms with E-state index in [-0.39, 0.29) is 0 Å². The van der Waals surface area contributed by atoms with E-state index >= 15 is 0 Å². The normalized spacial score (nSPS) is 11.1. The molecule has 1 nitrogen and oxygen atoms in total. The van der Waals surface area contributed by atoms with Gasteiger partial charge in [0.25, 0.3) is 0 Å². The third kappa shape index (κ3) is 0.872. The fourth-order valence-corrected chi connectivity index (χ4v) is 1.66. The number of nitrogens with one attached hydrogen (secondary N) is 1. The molecule has 1 aromatic heterocycles. The fourth-order valence-electron chi connectivity index (χ4n) is 1.66. The third-order valence-corrected chi connectivity index (χ3v) is 2.27. The van der Waals surface area contributed by atoms with Crippen molar-refractivity contribution in [1.29, 1.82) is 0 Å². The van der Waals surface area contributed by atoms with E-state index in [1.165, 1.54) is 10.8 Å². The van der Waals surface area contributed by atoms with Crippen molar-refractivity contribution in [3.05, 3.63) is 48.5 Å². The summed E-state index contributed by atoms with van der Waals surface area (Å²) in [6.07, 6.45) is 0. The maximum atomic E-state index is 3.30. The molecule has 1 heteroatoms. The Balaban J connectivity index is 2.64. The number of hydrogen-bond donors (Lipinski definition) is 1. The van der Waals surface area contributed by atoms with Crippen LogP contribution in [0.25, 0.3) is 21.8 Å². The largest absolute Gasteiger partial charge is 0.354 e. The molecule has 3 aromatic rings. The van der Waals surface area contributed by atoms with Gasteiger partial charge in [-0.05, 0) is 18.2 Å². The highest BCUT2D eigenvalue weighted by molar-refractivity contribution is 6.06. The first kappa shape index (κ1) is 6.72. The molecule has 2 radical (unpaired) electrons. The van der Waals surface area contributed by atoms with Crippen molar-refractivity contribution in [2.45, 2.75) is 0 Å². The summed E-state index contributed by atoms with van der Waals surface area (Å²) in [5.41, 5.74) is 2.22. The van der Waals surface area contributed by atoms with Crippen molar-refractivity contribution >= 4 is 21.8 Å². The molecule has 0 unspecified atom stereocenters. The summed E-state index contributed by atoms with van der Waals surface area (Å²) in [6.45, 7) is 0. The summed E-state index contributed by atoms with van der Waals surface area (Å²) >= 11 is 0. The van der Waals surface area contributed by atoms with Crippen molar-refractivity contribution < 1.29 is 0 Å². The van der Waals surface area contributed by atoms with Crippen LogP contribution >= 0.6 is 0 Å². The minimum absolute atomic E-state index is 1.07. The van der Waals surface area contributed by atoms with Gasteiger partial charge in [0, 0.05) is 22.4 Å². The van der Waals surface area contributed by atoms with E-state index in [9.17, 15) is 0 Å². The van der Waals surface area contributed by atoms with Crippen molar-refractivity contribution in [2.24, 2.45) is 0 Å². The molecule has 3 rings (SSSR count). The van der Waals surface area contributed by atoms with Crippen LogP contribution < -0.4 is 0 Å². The van der Waals surface area contributed by atoms with Crippen LogP contribution in [0.4, 0.5) is 0 Å². The van der Waals surface area contributed by atoms with Crippen LogP contribution in [0.1, 0.15) is 0 Å². The molecule has 0 aliphatic carbocycles. The maximum absolute atomic E-state index is 3.30. The summed E-state index contributed by atoms with van der Waals surface area (Å²) in [6, 6.07) is 18.2. The Hall–Kier alpha value is -1.76. The number of para-hydroxylation sites is 1. The average molecular weight is 165 g/mol. The molecule has 0 amide bonds. The maximum Gasteiger partial charge on any atom is 0.0545 e. The Morgan fingerprint density at radius 3 is 3.08 bits per heavy atom. The van der Waals surface area contributed by atoms with Crippen LogP contribution in [0, 0.1) is 12.1 Å². The van der Waals surface area contributed by atoms with Gasteiger partial charge in [0.2, 0.25) is 0 Å². The van der Waals surface area contributed by atoms with Gasteiger partial charge in [0.1, 0.15) is 0 Å². The molecular weight excluding hydrogens is 158 g/mol. The Labute approximate surface area is 76.0 Å². The minimum Gasteiger partial charge on any atom is -0.354 e. The molecule has 60 valence electrons. The zero-order valence-corrected chi connectivity index (χ0v) is 6.96. The Morgan fingerprint density at radius 2 is 2.08 bits per heavy atom. The standard InChI is InChI=1S/C12H7N/c1-3-7-11-9(5-1)10-6-2-4-8-12(10)13-11/h1,3-6,8,13H. The SMILES string of the molecule is [c]1ccc2[nH]c3[c]cccc3c2c1. The Morgan fingerprint density at radius 1 is 1.08 bits per heavy atom. The molecule has 0 aliphatic rings. The lowest BCUT2D eigenvalue weighted by Gasteiger charge is -1.86. The zero-order valence-electron chi connectivity index (χ0n) is 6.96. The van der Waals surface area contributed by atoms with E-state index in [2.05, 4.69) is 23.2 Å². The molecule has 0 saturated heterocycles. The molecule has 0 atom stereocenters. The van der Waals surface area contributed by atoms with E-state index in [1.807, 2.05) is 30.3 Å². The second kappa shape index (κ2) is 2.36. The fraction of sp³-hybridized carbons (Fsp3) is 0. The molecule has 1 heterocycles. The smallest absolute Gasteiger partial charge is 0.0545 e. The van der Waals surface area contributed by atoms with Crippen LogP contribution in [0.2, 0.25) is 0 Å². The van der Waals surface area contributed by atoms with Gasteiger partial charge in [-0.15, -0.1) is 0 Å². The van der Waals surface area contributed by atoms with E-state index < -0.39 is 0 Å². The van der Waals surface area contributed by atoms with Crippen LogP contribution in [0.3, 0.4) is 0 Å². The first-order valence-electron chi connectivity index (χ1n) is 4.23. The lowest BCUT2D eigenvalue weighted by Crippen LogP contribution is -1.63. The highest BCUT2D eigenvalue weighted by Crippen LogP contribution is 2.23. The third-order valence-electron chi connectivity index (χ3n) is 2.27. The number of fused-ring (bicyclic) bond motifs is 3. The molecule has 1 N–H and O–H groups in total. The summed E-state index contributed by atoms with van der Waals surface area (Å²) in [5, 5.41) is 2.43. The molecular formula is C12H7N. The lowest BCUT2D eigenvalue weighted by atomic mass is 10.2. The van der Waals surface area contributed by atoms with E-state index in [0.717, 1.165) is 11.0 Å². The second-order valence-corrected chi connectivity index (χ2v) is 3.06. The highest BCUT2D eigenvalue weighted by Gasteiger charge is 2.00. The van der Waals surface area contributed by atoms with Crippen LogP contribution in [-0.4, -0.2) is 4.98 Å². The number of benzene rings is 2. The van der Waals surface area contributed by atoms with E-state index in [1.54, 1.807) is 0 Å². The summed E-state index contributed by atoms with van der Waals surface area (Å²) in [7, 11) is 0. The summed E-state index contributed by atoms with van der Waals surface area (Å²) in [4.78, 5) is 3.30. The monoisotopic (exact) mass is 165 g/mol. The number of H-pyrrole nitrogens is 1. The number of aromatic nitrogens is 1. The van der Waals surface area contributed by atoms with Gasteiger partial charge in [0.15, 0.2) is 0 Å². The summed E-state index contributed by atoms with van der Waals surface area (Å²) in [5.74, 6) is 0. The molecule has 13 heavy (non-hydrogen) atoms. The van der Waals surface area contributed by atoms with Gasteiger partial charge in [-0.3, -0.25) is 0 Å². The molecule has 0 aliphatic heterocycles. The van der Waals surface area contributed by atoms with Crippen LogP contribution in [0.5, 0.6) is 0 Å². The van der Waals surface area contributed by atoms with Crippen LogP contribution in [0.15, 0.2) is 36.4 Å². The minimum atomic E-state index is 1.07. The second-order valence-electron chi connectivity index (χ2n) is 3.06. The average Bonchev–Trinajstić information content (AvgIpc) is 2.56. The molecule has 2 aromatic carbocycles.